The number of nitrogens with one attached hydrogen (secondary N) is 2. The van der Waals surface area contributed by atoms with Crippen molar-refractivity contribution < 1.29 is 4.79 Å². The van der Waals surface area contributed by atoms with Gasteiger partial charge >= 0.3 is 6.03 Å². The molecule has 20 heavy (non-hydrogen) atoms. The molecule has 2 rings (SSSR count). The van der Waals surface area contributed by atoms with Crippen molar-refractivity contribution in [1.29, 1.82) is 0 Å². The molecule has 6 heteroatoms. The fraction of sp³-hybridized carbons (Fsp3) is 0. The monoisotopic (exact) mass is 305 g/mol. The molecule has 0 unspecified atom stereocenters. The van der Waals surface area contributed by atoms with Gasteiger partial charge in [0, 0.05) is 22.0 Å². The van der Waals surface area contributed by atoms with E-state index in [0.29, 0.717) is 22.0 Å². The molecule has 102 valence electrons. The van der Waals surface area contributed by atoms with Crippen LogP contribution in [0.2, 0.25) is 5.02 Å². The van der Waals surface area contributed by atoms with Crippen molar-refractivity contribution in [3.05, 3.63) is 59.1 Å². The Bertz CT molecular complexity index is 643. The predicted octanol–water partition coefficient (Wildman–Crippen LogP) is 3.62. The van der Waals surface area contributed by atoms with E-state index in [0.717, 1.165) is 0 Å². The summed E-state index contributed by atoms with van der Waals surface area (Å²) in [5, 5.41) is 6.01. The molecule has 0 aromatic heterocycles. The van der Waals surface area contributed by atoms with E-state index in [1.54, 1.807) is 48.5 Å². The normalized spacial score (nSPS) is 9.85. The molecule has 2 amide bonds. The minimum atomic E-state index is -0.354. The molecule has 0 heterocycles. The first-order valence-corrected chi connectivity index (χ1v) is 6.56. The highest BCUT2D eigenvalue weighted by Gasteiger charge is 2.04. The Balaban J connectivity index is 2.02. The van der Waals surface area contributed by atoms with Crippen LogP contribution in [0.25, 0.3) is 0 Å². The summed E-state index contributed by atoms with van der Waals surface area (Å²) in [6.07, 6.45) is 0. The summed E-state index contributed by atoms with van der Waals surface area (Å²) in [6, 6.07) is 13.5. The van der Waals surface area contributed by atoms with Crippen molar-refractivity contribution in [2.75, 3.05) is 10.6 Å². The average Bonchev–Trinajstić information content (AvgIpc) is 2.41. The van der Waals surface area contributed by atoms with Gasteiger partial charge in [-0.15, -0.1) is 0 Å². The number of amides is 2. The zero-order chi connectivity index (χ0) is 14.5. The predicted molar refractivity (Wildman–Crippen MR) is 86.4 cm³/mol. The van der Waals surface area contributed by atoms with Crippen molar-refractivity contribution in [2.24, 2.45) is 5.73 Å². The van der Waals surface area contributed by atoms with Gasteiger partial charge in [-0.25, -0.2) is 4.79 Å². The largest absolute Gasteiger partial charge is 0.389 e. The van der Waals surface area contributed by atoms with E-state index in [9.17, 15) is 4.79 Å². The van der Waals surface area contributed by atoms with E-state index in [-0.39, 0.29) is 11.0 Å². The lowest BCUT2D eigenvalue weighted by Gasteiger charge is -2.08. The third-order valence-corrected chi connectivity index (χ3v) is 2.99. The van der Waals surface area contributed by atoms with Gasteiger partial charge < -0.3 is 16.4 Å². The van der Waals surface area contributed by atoms with Gasteiger partial charge in [0.1, 0.15) is 4.99 Å². The highest BCUT2D eigenvalue weighted by Crippen LogP contribution is 2.15. The Labute approximate surface area is 126 Å². The summed E-state index contributed by atoms with van der Waals surface area (Å²) in [6.45, 7) is 0. The molecule has 0 saturated heterocycles. The highest BCUT2D eigenvalue weighted by atomic mass is 35.5. The van der Waals surface area contributed by atoms with Gasteiger partial charge in [0.2, 0.25) is 0 Å². The van der Waals surface area contributed by atoms with Crippen LogP contribution in [0.5, 0.6) is 0 Å². The first kappa shape index (κ1) is 14.3. The lowest BCUT2D eigenvalue weighted by molar-refractivity contribution is 0.262. The number of benzene rings is 2. The van der Waals surface area contributed by atoms with Crippen LogP contribution in [-0.2, 0) is 0 Å². The average molecular weight is 306 g/mol. The first-order valence-electron chi connectivity index (χ1n) is 5.78. The molecule has 2 aromatic rings. The molecular weight excluding hydrogens is 294 g/mol. The molecule has 0 bridgehead atoms. The zero-order valence-electron chi connectivity index (χ0n) is 10.4. The molecule has 0 spiro atoms. The van der Waals surface area contributed by atoms with Crippen LogP contribution in [-0.4, -0.2) is 11.0 Å². The van der Waals surface area contributed by atoms with E-state index in [1.165, 1.54) is 0 Å². The topological polar surface area (TPSA) is 67.1 Å². The van der Waals surface area contributed by atoms with E-state index >= 15 is 0 Å². The van der Waals surface area contributed by atoms with Crippen molar-refractivity contribution in [2.45, 2.75) is 0 Å². The van der Waals surface area contributed by atoms with Crippen LogP contribution in [0.4, 0.5) is 16.2 Å². The maximum absolute atomic E-state index is 11.8. The fourth-order valence-electron chi connectivity index (χ4n) is 1.58. The third-order valence-electron chi connectivity index (χ3n) is 2.51. The second kappa shape index (κ2) is 6.36. The molecule has 0 aliphatic rings. The molecule has 2 aromatic carbocycles. The second-order valence-electron chi connectivity index (χ2n) is 4.03. The Hall–Kier alpha value is -2.11. The Morgan fingerprint density at radius 2 is 1.70 bits per heavy atom. The van der Waals surface area contributed by atoms with Gasteiger partial charge in [-0.05, 0) is 36.4 Å². The second-order valence-corrected chi connectivity index (χ2v) is 4.91. The molecule has 0 fully saturated rings. The van der Waals surface area contributed by atoms with Gasteiger partial charge in [0.25, 0.3) is 0 Å². The number of hydrogen-bond donors (Lipinski definition) is 3. The van der Waals surface area contributed by atoms with E-state index in [4.69, 9.17) is 29.6 Å². The summed E-state index contributed by atoms with van der Waals surface area (Å²) in [4.78, 5) is 12.1. The van der Waals surface area contributed by atoms with Crippen LogP contribution in [0.15, 0.2) is 48.5 Å². The zero-order valence-corrected chi connectivity index (χ0v) is 12.0. The molecule has 4 nitrogen and oxygen atoms in total. The Morgan fingerprint density at radius 3 is 2.35 bits per heavy atom. The molecule has 0 saturated carbocycles. The van der Waals surface area contributed by atoms with Crippen LogP contribution < -0.4 is 16.4 Å². The summed E-state index contributed by atoms with van der Waals surface area (Å²) < 4.78 is 0. The summed E-state index contributed by atoms with van der Waals surface area (Å²) in [5.74, 6) is 0. The van der Waals surface area contributed by atoms with Crippen molar-refractivity contribution >= 4 is 46.2 Å². The third kappa shape index (κ3) is 3.94. The minimum absolute atomic E-state index is 0.284. The lowest BCUT2D eigenvalue weighted by atomic mass is 10.2. The number of urea groups is 1. The molecular formula is C14H12ClN3OS. The molecule has 4 N–H and O–H groups in total. The maximum atomic E-state index is 11.8. The summed E-state index contributed by atoms with van der Waals surface area (Å²) in [7, 11) is 0. The van der Waals surface area contributed by atoms with Crippen molar-refractivity contribution in [3.63, 3.8) is 0 Å². The van der Waals surface area contributed by atoms with Gasteiger partial charge in [-0.2, -0.15) is 0 Å². The summed E-state index contributed by atoms with van der Waals surface area (Å²) in [5.41, 5.74) is 7.50. The molecule has 0 radical (unpaired) electrons. The molecule has 0 aliphatic heterocycles. The maximum Gasteiger partial charge on any atom is 0.323 e. The van der Waals surface area contributed by atoms with Crippen molar-refractivity contribution in [1.82, 2.24) is 0 Å². The number of anilines is 2. The quantitative estimate of drug-likeness (QED) is 0.759. The number of carbonyl (C=O) groups excluding carboxylic acids is 1. The van der Waals surface area contributed by atoms with Gasteiger partial charge in [-0.1, -0.05) is 36.0 Å². The fourth-order valence-corrected chi connectivity index (χ4v) is 1.83. The first-order chi connectivity index (χ1) is 9.54. The van der Waals surface area contributed by atoms with Crippen LogP contribution in [0, 0.1) is 0 Å². The SMILES string of the molecule is NC(=S)c1cccc(NC(=O)Nc2ccc(Cl)cc2)c1. The highest BCUT2D eigenvalue weighted by molar-refractivity contribution is 7.80. The van der Waals surface area contributed by atoms with Crippen LogP contribution in [0.1, 0.15) is 5.56 Å². The van der Waals surface area contributed by atoms with Crippen LogP contribution >= 0.6 is 23.8 Å². The standard InChI is InChI=1S/C14H12ClN3OS/c15-10-4-6-11(7-5-10)17-14(19)18-12-3-1-2-9(8-12)13(16)20/h1-8H,(H2,16,20)(H2,17,18,19). The van der Waals surface area contributed by atoms with Gasteiger partial charge in [-0.3, -0.25) is 0 Å². The smallest absolute Gasteiger partial charge is 0.323 e. The number of halogens is 1. The lowest BCUT2D eigenvalue weighted by Crippen LogP contribution is -2.19. The van der Waals surface area contributed by atoms with E-state index in [1.807, 2.05) is 0 Å². The Morgan fingerprint density at radius 1 is 1.05 bits per heavy atom. The number of hydrogen-bond acceptors (Lipinski definition) is 2. The van der Waals surface area contributed by atoms with E-state index in [2.05, 4.69) is 10.6 Å². The molecule has 0 atom stereocenters. The van der Waals surface area contributed by atoms with E-state index < -0.39 is 0 Å². The minimum Gasteiger partial charge on any atom is -0.389 e. The number of rotatable bonds is 3. The van der Waals surface area contributed by atoms with Crippen LogP contribution in [0.3, 0.4) is 0 Å². The number of thiocarbonyl (C=S) groups is 1. The number of carbonyl (C=O) groups is 1. The van der Waals surface area contributed by atoms with Crippen molar-refractivity contribution in [3.8, 4) is 0 Å². The Kier molecular flexibility index (Phi) is 4.55. The van der Waals surface area contributed by atoms with Gasteiger partial charge in [0.15, 0.2) is 0 Å². The molecule has 0 aliphatic carbocycles. The van der Waals surface area contributed by atoms with Gasteiger partial charge in [0.05, 0.1) is 0 Å². The summed E-state index contributed by atoms with van der Waals surface area (Å²) >= 11 is 10.7. The number of nitrogens with two attached hydrogens (primary N) is 1.